The molecular formula is C19H20FN5O3. The average molecular weight is 385 g/mol. The third kappa shape index (κ3) is 4.81. The molecular weight excluding hydrogens is 365 g/mol. The summed E-state index contributed by atoms with van der Waals surface area (Å²) in [4.78, 5) is 13.6. The van der Waals surface area contributed by atoms with Crippen LogP contribution >= 0.6 is 0 Å². The van der Waals surface area contributed by atoms with E-state index in [-0.39, 0.29) is 18.3 Å². The van der Waals surface area contributed by atoms with Gasteiger partial charge in [0.2, 0.25) is 11.7 Å². The monoisotopic (exact) mass is 385 g/mol. The molecule has 0 aliphatic carbocycles. The highest BCUT2D eigenvalue weighted by molar-refractivity contribution is 5.92. The Bertz CT molecular complexity index is 943. The van der Waals surface area contributed by atoms with Crippen LogP contribution in [0.4, 0.5) is 10.1 Å². The SMILES string of the molecule is CCOc1ccc(OCC)c(NC(=O)Cn2nnc(-c3ccc(F)cc3)n2)c1. The summed E-state index contributed by atoms with van der Waals surface area (Å²) in [5.41, 5.74) is 1.10. The lowest BCUT2D eigenvalue weighted by molar-refractivity contribution is -0.117. The maximum atomic E-state index is 13.0. The quantitative estimate of drug-likeness (QED) is 0.641. The third-order valence-electron chi connectivity index (χ3n) is 3.68. The number of carbonyl (C=O) groups is 1. The largest absolute Gasteiger partial charge is 0.494 e. The Hall–Kier alpha value is -3.49. The molecule has 1 heterocycles. The number of nitrogens with zero attached hydrogens (tertiary/aromatic N) is 4. The predicted molar refractivity (Wildman–Crippen MR) is 101 cm³/mol. The van der Waals surface area contributed by atoms with E-state index in [1.807, 2.05) is 13.8 Å². The molecule has 0 unspecified atom stereocenters. The number of benzene rings is 2. The maximum absolute atomic E-state index is 13.0. The van der Waals surface area contributed by atoms with Gasteiger partial charge in [-0.2, -0.15) is 4.80 Å². The van der Waals surface area contributed by atoms with Crippen LogP contribution < -0.4 is 14.8 Å². The van der Waals surface area contributed by atoms with Crippen molar-refractivity contribution < 1.29 is 18.7 Å². The molecule has 146 valence electrons. The molecule has 9 heteroatoms. The van der Waals surface area contributed by atoms with Gasteiger partial charge in [-0.05, 0) is 55.5 Å². The number of amides is 1. The first-order valence-corrected chi connectivity index (χ1v) is 8.82. The molecule has 0 spiro atoms. The summed E-state index contributed by atoms with van der Waals surface area (Å²) in [6, 6.07) is 10.9. The minimum absolute atomic E-state index is 0.140. The molecule has 0 saturated heterocycles. The molecule has 0 fully saturated rings. The summed E-state index contributed by atoms with van der Waals surface area (Å²) in [5.74, 6) is 0.769. The highest BCUT2D eigenvalue weighted by Crippen LogP contribution is 2.29. The minimum atomic E-state index is -0.352. The van der Waals surface area contributed by atoms with E-state index in [4.69, 9.17) is 9.47 Å². The van der Waals surface area contributed by atoms with Gasteiger partial charge in [0.15, 0.2) is 0 Å². The summed E-state index contributed by atoms with van der Waals surface area (Å²) < 4.78 is 24.0. The number of hydrogen-bond acceptors (Lipinski definition) is 6. The number of hydrogen-bond donors (Lipinski definition) is 1. The number of aromatic nitrogens is 4. The molecule has 0 saturated carbocycles. The standard InChI is InChI=1S/C19H20FN5O3/c1-3-27-15-9-10-17(28-4-2)16(11-15)21-18(26)12-25-23-19(22-24-25)13-5-7-14(20)8-6-13/h5-11H,3-4,12H2,1-2H3,(H,21,26). The topological polar surface area (TPSA) is 91.2 Å². The lowest BCUT2D eigenvalue weighted by Gasteiger charge is -2.13. The van der Waals surface area contributed by atoms with Crippen LogP contribution in [0, 0.1) is 5.82 Å². The van der Waals surface area contributed by atoms with Crippen molar-refractivity contribution >= 4 is 11.6 Å². The predicted octanol–water partition coefficient (Wildman–Crippen LogP) is 2.92. The van der Waals surface area contributed by atoms with Crippen LogP contribution in [0.2, 0.25) is 0 Å². The molecule has 1 N–H and O–H groups in total. The third-order valence-corrected chi connectivity index (χ3v) is 3.68. The van der Waals surface area contributed by atoms with Crippen LogP contribution in [0.5, 0.6) is 11.5 Å². The van der Waals surface area contributed by atoms with E-state index in [2.05, 4.69) is 20.7 Å². The molecule has 0 atom stereocenters. The van der Waals surface area contributed by atoms with Gasteiger partial charge in [-0.15, -0.1) is 10.2 Å². The second-order valence-corrected chi connectivity index (χ2v) is 5.72. The van der Waals surface area contributed by atoms with Crippen molar-refractivity contribution in [1.29, 1.82) is 0 Å². The first kappa shape index (κ1) is 19.3. The van der Waals surface area contributed by atoms with E-state index in [0.717, 1.165) is 0 Å². The average Bonchev–Trinajstić information content (AvgIpc) is 3.13. The molecule has 0 bridgehead atoms. The zero-order chi connectivity index (χ0) is 19.9. The Morgan fingerprint density at radius 2 is 1.86 bits per heavy atom. The smallest absolute Gasteiger partial charge is 0.248 e. The van der Waals surface area contributed by atoms with Crippen molar-refractivity contribution in [2.75, 3.05) is 18.5 Å². The van der Waals surface area contributed by atoms with E-state index in [0.29, 0.717) is 41.8 Å². The van der Waals surface area contributed by atoms with Crippen LogP contribution in [-0.4, -0.2) is 39.3 Å². The fourth-order valence-corrected chi connectivity index (χ4v) is 2.49. The Balaban J connectivity index is 1.70. The zero-order valence-electron chi connectivity index (χ0n) is 15.6. The molecule has 3 aromatic rings. The van der Waals surface area contributed by atoms with Crippen molar-refractivity contribution in [3.05, 3.63) is 48.3 Å². The van der Waals surface area contributed by atoms with Crippen LogP contribution in [0.25, 0.3) is 11.4 Å². The van der Waals surface area contributed by atoms with E-state index >= 15 is 0 Å². The number of tetrazole rings is 1. The van der Waals surface area contributed by atoms with E-state index in [1.165, 1.54) is 16.9 Å². The molecule has 28 heavy (non-hydrogen) atoms. The molecule has 1 aromatic heterocycles. The minimum Gasteiger partial charge on any atom is -0.494 e. The van der Waals surface area contributed by atoms with E-state index in [9.17, 15) is 9.18 Å². The first-order valence-electron chi connectivity index (χ1n) is 8.82. The van der Waals surface area contributed by atoms with Crippen molar-refractivity contribution in [2.24, 2.45) is 0 Å². The molecule has 0 aliphatic heterocycles. The molecule has 2 aromatic carbocycles. The van der Waals surface area contributed by atoms with E-state index < -0.39 is 0 Å². The number of rotatable bonds is 8. The number of ether oxygens (including phenoxy) is 2. The molecule has 1 amide bonds. The summed E-state index contributed by atoms with van der Waals surface area (Å²) >= 11 is 0. The lowest BCUT2D eigenvalue weighted by atomic mass is 10.2. The summed E-state index contributed by atoms with van der Waals surface area (Å²) in [7, 11) is 0. The van der Waals surface area contributed by atoms with Gasteiger partial charge in [-0.3, -0.25) is 4.79 Å². The number of carbonyl (C=O) groups excluding carboxylic acids is 1. The summed E-state index contributed by atoms with van der Waals surface area (Å²) in [6.07, 6.45) is 0. The second kappa shape index (κ2) is 8.94. The number of anilines is 1. The molecule has 8 nitrogen and oxygen atoms in total. The first-order chi connectivity index (χ1) is 13.6. The van der Waals surface area contributed by atoms with Gasteiger partial charge in [0.25, 0.3) is 0 Å². The Kier molecular flexibility index (Phi) is 6.15. The zero-order valence-corrected chi connectivity index (χ0v) is 15.6. The van der Waals surface area contributed by atoms with Crippen LogP contribution in [0.1, 0.15) is 13.8 Å². The molecule has 0 radical (unpaired) electrons. The maximum Gasteiger partial charge on any atom is 0.248 e. The van der Waals surface area contributed by atoms with Gasteiger partial charge in [0.05, 0.1) is 18.9 Å². The van der Waals surface area contributed by atoms with Crippen molar-refractivity contribution in [3.63, 3.8) is 0 Å². The van der Waals surface area contributed by atoms with Crippen molar-refractivity contribution in [3.8, 4) is 22.9 Å². The van der Waals surface area contributed by atoms with Crippen LogP contribution in [0.3, 0.4) is 0 Å². The fraction of sp³-hybridized carbons (Fsp3) is 0.263. The normalized spacial score (nSPS) is 10.5. The Morgan fingerprint density at radius 1 is 1.11 bits per heavy atom. The molecule has 3 rings (SSSR count). The fourth-order valence-electron chi connectivity index (χ4n) is 2.49. The van der Waals surface area contributed by atoms with Gasteiger partial charge < -0.3 is 14.8 Å². The highest BCUT2D eigenvalue weighted by Gasteiger charge is 2.13. The van der Waals surface area contributed by atoms with Gasteiger partial charge >= 0.3 is 0 Å². The van der Waals surface area contributed by atoms with Crippen LogP contribution in [-0.2, 0) is 11.3 Å². The number of halogens is 1. The summed E-state index contributed by atoms with van der Waals surface area (Å²) in [6.45, 7) is 4.57. The van der Waals surface area contributed by atoms with E-state index in [1.54, 1.807) is 30.3 Å². The number of nitrogens with one attached hydrogen (secondary N) is 1. The highest BCUT2D eigenvalue weighted by atomic mass is 19.1. The Labute approximate surface area is 161 Å². The van der Waals surface area contributed by atoms with Crippen LogP contribution in [0.15, 0.2) is 42.5 Å². The van der Waals surface area contributed by atoms with Gasteiger partial charge in [-0.25, -0.2) is 4.39 Å². The van der Waals surface area contributed by atoms with Crippen molar-refractivity contribution in [1.82, 2.24) is 20.2 Å². The summed E-state index contributed by atoms with van der Waals surface area (Å²) in [5, 5.41) is 14.7. The van der Waals surface area contributed by atoms with Gasteiger partial charge in [0, 0.05) is 11.6 Å². The Morgan fingerprint density at radius 3 is 2.57 bits per heavy atom. The van der Waals surface area contributed by atoms with Crippen molar-refractivity contribution in [2.45, 2.75) is 20.4 Å². The molecule has 0 aliphatic rings. The lowest BCUT2D eigenvalue weighted by Crippen LogP contribution is -2.21. The second-order valence-electron chi connectivity index (χ2n) is 5.72. The van der Waals surface area contributed by atoms with Gasteiger partial charge in [-0.1, -0.05) is 0 Å². The van der Waals surface area contributed by atoms with Gasteiger partial charge in [0.1, 0.15) is 23.9 Å².